The number of furan rings is 1. The molecule has 2 aromatic heterocycles. The maximum atomic E-state index is 6.74. The van der Waals surface area contributed by atoms with Crippen LogP contribution in [0.25, 0.3) is 44.0 Å². The number of pyridine rings is 1. The third kappa shape index (κ3) is 4.14. The Labute approximate surface area is 209 Å². The smallest absolute Gasteiger partial charge is 0.144 e. The molecule has 0 spiro atoms. The summed E-state index contributed by atoms with van der Waals surface area (Å²) in [6.45, 7) is 20.2. The van der Waals surface area contributed by atoms with Crippen LogP contribution in [-0.4, -0.2) is 4.98 Å². The van der Waals surface area contributed by atoms with E-state index in [4.69, 9.17) is 9.40 Å². The zero-order valence-corrected chi connectivity index (χ0v) is 22.6. The zero-order chi connectivity index (χ0) is 25.3. The second kappa shape index (κ2) is 7.68. The van der Waals surface area contributed by atoms with E-state index in [0.717, 1.165) is 33.2 Å². The molecule has 0 atom stereocenters. The zero-order valence-electron chi connectivity index (χ0n) is 22.6. The largest absolute Gasteiger partial charge is 0.455 e. The molecule has 0 aliphatic heterocycles. The molecule has 2 heteroatoms. The van der Waals surface area contributed by atoms with Crippen molar-refractivity contribution in [3.8, 4) is 11.3 Å². The third-order valence-electron chi connectivity index (χ3n) is 7.19. The van der Waals surface area contributed by atoms with Gasteiger partial charge in [-0.15, -0.1) is 0 Å². The van der Waals surface area contributed by atoms with Gasteiger partial charge in [0, 0.05) is 27.9 Å². The maximum Gasteiger partial charge on any atom is 0.144 e. The highest BCUT2D eigenvalue weighted by Gasteiger charge is 2.23. The number of hydrogen-bond donors (Lipinski definition) is 0. The molecule has 0 fully saturated rings. The summed E-state index contributed by atoms with van der Waals surface area (Å²) >= 11 is 0. The number of benzene rings is 3. The summed E-state index contributed by atoms with van der Waals surface area (Å²) in [7, 11) is 0. The molecule has 3 aromatic carbocycles. The normalized spacial score (nSPS) is 13.3. The van der Waals surface area contributed by atoms with Crippen molar-refractivity contribution in [2.75, 3.05) is 0 Å². The quantitative estimate of drug-likeness (QED) is 0.247. The molecule has 2 heterocycles. The molecule has 5 aromatic rings. The number of aromatic nitrogens is 1. The molecule has 0 radical (unpaired) electrons. The Morgan fingerprint density at radius 3 is 1.74 bits per heavy atom. The van der Waals surface area contributed by atoms with Crippen molar-refractivity contribution in [2.45, 2.75) is 78.6 Å². The van der Waals surface area contributed by atoms with E-state index in [2.05, 4.69) is 117 Å². The van der Waals surface area contributed by atoms with Gasteiger partial charge in [0.25, 0.3) is 0 Å². The topological polar surface area (TPSA) is 26.0 Å². The van der Waals surface area contributed by atoms with Crippen molar-refractivity contribution < 1.29 is 4.42 Å². The van der Waals surface area contributed by atoms with Crippen LogP contribution in [0.1, 0.15) is 79.0 Å². The second-order valence-corrected chi connectivity index (χ2v) is 13.1. The second-order valence-electron chi connectivity index (χ2n) is 13.1. The standard InChI is InChI=1S/C33H37NO/c1-31(2,3)21-12-10-20-11-14-24-26-17-23(33(7,8)9)18-27(30(26)35-29(24)25(20)16-21)28-15-13-22(19-34-28)32(4,5)6/h10-19H,1-9H3. The molecule has 0 bridgehead atoms. The van der Waals surface area contributed by atoms with E-state index in [1.807, 2.05) is 6.20 Å². The van der Waals surface area contributed by atoms with Crippen LogP contribution >= 0.6 is 0 Å². The Morgan fingerprint density at radius 1 is 0.543 bits per heavy atom. The molecule has 0 amide bonds. The van der Waals surface area contributed by atoms with Crippen LogP contribution in [-0.2, 0) is 16.2 Å². The number of nitrogens with zero attached hydrogens (tertiary/aromatic N) is 1. The van der Waals surface area contributed by atoms with E-state index < -0.39 is 0 Å². The fraction of sp³-hybridized carbons (Fsp3) is 0.364. The summed E-state index contributed by atoms with van der Waals surface area (Å²) in [6, 6.07) is 20.1. The van der Waals surface area contributed by atoms with E-state index in [0.29, 0.717) is 0 Å². The van der Waals surface area contributed by atoms with Crippen LogP contribution in [0.5, 0.6) is 0 Å². The van der Waals surface area contributed by atoms with Gasteiger partial charge in [0.05, 0.1) is 5.69 Å². The van der Waals surface area contributed by atoms with Gasteiger partial charge in [-0.25, -0.2) is 0 Å². The Kier molecular flexibility index (Phi) is 5.18. The van der Waals surface area contributed by atoms with Crippen molar-refractivity contribution in [2.24, 2.45) is 0 Å². The highest BCUT2D eigenvalue weighted by atomic mass is 16.3. The van der Waals surface area contributed by atoms with Gasteiger partial charge in [0.1, 0.15) is 11.2 Å². The minimum atomic E-state index is 0.00807. The molecular weight excluding hydrogens is 426 g/mol. The Hall–Kier alpha value is -3.13. The van der Waals surface area contributed by atoms with Crippen LogP contribution in [0.2, 0.25) is 0 Å². The van der Waals surface area contributed by atoms with Gasteiger partial charge in [0.2, 0.25) is 0 Å². The van der Waals surface area contributed by atoms with E-state index in [1.165, 1.54) is 27.5 Å². The minimum Gasteiger partial charge on any atom is -0.455 e. The fourth-order valence-electron chi connectivity index (χ4n) is 4.74. The summed E-state index contributed by atoms with van der Waals surface area (Å²) in [5.41, 5.74) is 7.87. The first-order valence-corrected chi connectivity index (χ1v) is 12.6. The van der Waals surface area contributed by atoms with Crippen LogP contribution < -0.4 is 0 Å². The monoisotopic (exact) mass is 463 g/mol. The highest BCUT2D eigenvalue weighted by Crippen LogP contribution is 2.42. The van der Waals surface area contributed by atoms with Crippen LogP contribution in [0.4, 0.5) is 0 Å². The van der Waals surface area contributed by atoms with Crippen molar-refractivity contribution in [1.82, 2.24) is 4.98 Å². The molecule has 35 heavy (non-hydrogen) atoms. The van der Waals surface area contributed by atoms with Gasteiger partial charge in [-0.3, -0.25) is 4.98 Å². The van der Waals surface area contributed by atoms with Gasteiger partial charge in [-0.2, -0.15) is 0 Å². The molecule has 180 valence electrons. The van der Waals surface area contributed by atoms with Gasteiger partial charge < -0.3 is 4.42 Å². The first-order valence-electron chi connectivity index (χ1n) is 12.6. The summed E-state index contributed by atoms with van der Waals surface area (Å²) in [5, 5.41) is 4.70. The third-order valence-corrected chi connectivity index (χ3v) is 7.19. The SMILES string of the molecule is CC(C)(C)c1ccc(-c2cc(C(C)(C)C)cc3c2oc2c4cc(C(C)(C)C)ccc4ccc32)nc1. The molecule has 0 saturated carbocycles. The summed E-state index contributed by atoms with van der Waals surface area (Å²) < 4.78 is 6.74. The van der Waals surface area contributed by atoms with Gasteiger partial charge in [0.15, 0.2) is 0 Å². The molecular formula is C33H37NO. The predicted molar refractivity (Wildman–Crippen MR) is 151 cm³/mol. The first-order chi connectivity index (χ1) is 16.2. The predicted octanol–water partition coefficient (Wildman–Crippen LogP) is 9.69. The van der Waals surface area contributed by atoms with E-state index in [1.54, 1.807) is 0 Å². The van der Waals surface area contributed by atoms with Crippen LogP contribution in [0, 0.1) is 0 Å². The lowest BCUT2D eigenvalue weighted by atomic mass is 9.84. The van der Waals surface area contributed by atoms with Gasteiger partial charge in [-0.1, -0.05) is 86.6 Å². The average molecular weight is 464 g/mol. The summed E-state index contributed by atoms with van der Waals surface area (Å²) in [5.74, 6) is 0. The lowest BCUT2D eigenvalue weighted by Gasteiger charge is -2.21. The number of hydrogen-bond acceptors (Lipinski definition) is 2. The van der Waals surface area contributed by atoms with Crippen LogP contribution in [0.15, 0.2) is 65.2 Å². The first kappa shape index (κ1) is 23.6. The number of rotatable bonds is 1. The Bertz CT molecular complexity index is 1560. The lowest BCUT2D eigenvalue weighted by molar-refractivity contribution is 0.587. The van der Waals surface area contributed by atoms with E-state index in [-0.39, 0.29) is 16.2 Å². The lowest BCUT2D eigenvalue weighted by Crippen LogP contribution is -2.12. The van der Waals surface area contributed by atoms with E-state index >= 15 is 0 Å². The molecule has 0 aliphatic carbocycles. The molecule has 0 aliphatic rings. The van der Waals surface area contributed by atoms with Crippen molar-refractivity contribution in [3.63, 3.8) is 0 Å². The minimum absolute atomic E-state index is 0.00807. The van der Waals surface area contributed by atoms with Gasteiger partial charge >= 0.3 is 0 Å². The molecule has 5 rings (SSSR count). The maximum absolute atomic E-state index is 6.74. The van der Waals surface area contributed by atoms with Gasteiger partial charge in [-0.05, 0) is 68.7 Å². The average Bonchev–Trinajstić information content (AvgIpc) is 3.15. The Balaban J connectivity index is 1.84. The van der Waals surface area contributed by atoms with E-state index in [9.17, 15) is 0 Å². The van der Waals surface area contributed by atoms with Crippen molar-refractivity contribution in [3.05, 3.63) is 77.5 Å². The van der Waals surface area contributed by atoms with Crippen molar-refractivity contribution >= 4 is 32.7 Å². The highest BCUT2D eigenvalue weighted by molar-refractivity contribution is 6.17. The van der Waals surface area contributed by atoms with Crippen molar-refractivity contribution in [1.29, 1.82) is 0 Å². The molecule has 0 unspecified atom stereocenters. The molecule has 2 nitrogen and oxygen atoms in total. The Morgan fingerprint density at radius 2 is 1.14 bits per heavy atom. The molecule has 0 N–H and O–H groups in total. The molecule has 0 saturated heterocycles. The summed E-state index contributed by atoms with van der Waals surface area (Å²) in [4.78, 5) is 4.91. The summed E-state index contributed by atoms with van der Waals surface area (Å²) in [6.07, 6.45) is 2.01. The van der Waals surface area contributed by atoms with Crippen LogP contribution in [0.3, 0.4) is 0 Å². The fourth-order valence-corrected chi connectivity index (χ4v) is 4.74. The number of fused-ring (bicyclic) bond motifs is 5.